The number of nitrogens with zero attached hydrogens (tertiary/aromatic N) is 2. The molecule has 6 heteroatoms. The third-order valence-corrected chi connectivity index (χ3v) is 2.34. The van der Waals surface area contributed by atoms with Crippen LogP contribution in [0.3, 0.4) is 0 Å². The van der Waals surface area contributed by atoms with Gasteiger partial charge >= 0.3 is 5.88 Å². The summed E-state index contributed by atoms with van der Waals surface area (Å²) in [5, 5.41) is 11.2. The maximum Gasteiger partial charge on any atom is 0.461 e. The van der Waals surface area contributed by atoms with E-state index in [1.807, 2.05) is 0 Å². The molecule has 2 aromatic rings. The van der Waals surface area contributed by atoms with Gasteiger partial charge in [0.2, 0.25) is 0 Å². The Hall–Kier alpha value is -1.88. The number of hydrogen-bond donors (Lipinski definition) is 0. The van der Waals surface area contributed by atoms with Crippen molar-refractivity contribution in [1.82, 2.24) is 4.98 Å². The second-order valence-electron chi connectivity index (χ2n) is 3.12. The van der Waals surface area contributed by atoms with Gasteiger partial charge in [0.05, 0.1) is 5.02 Å². The van der Waals surface area contributed by atoms with Crippen molar-refractivity contribution < 1.29 is 9.34 Å². The van der Waals surface area contributed by atoms with Crippen LogP contribution in [-0.4, -0.2) is 9.91 Å². The molecule has 0 atom stereocenters. The van der Waals surface area contributed by atoms with E-state index in [9.17, 15) is 10.1 Å². The van der Waals surface area contributed by atoms with Crippen molar-refractivity contribution in [3.63, 3.8) is 0 Å². The number of nitro groups is 1. The molecule has 0 aliphatic rings. The molecule has 82 valence electrons. The largest absolute Gasteiger partial charge is 0.461 e. The maximum absolute atomic E-state index is 10.7. The zero-order chi connectivity index (χ0) is 11.7. The molecule has 1 aromatic heterocycles. The van der Waals surface area contributed by atoms with Gasteiger partial charge in [-0.3, -0.25) is 10.1 Å². The fraction of sp³-hybridized carbons (Fsp3) is 0.100. The van der Waals surface area contributed by atoms with Crippen LogP contribution < -0.4 is 0 Å². The van der Waals surface area contributed by atoms with Crippen molar-refractivity contribution in [2.45, 2.75) is 6.92 Å². The standard InChI is InChI=1S/C10H7ClN2O3/c1-6-12-9(10(16-6)13(14)15)7-4-2-3-5-8(7)11/h2-5H,1H3. The Morgan fingerprint density at radius 1 is 1.44 bits per heavy atom. The first kappa shape index (κ1) is 10.6. The third kappa shape index (κ3) is 1.77. The van der Waals surface area contributed by atoms with Crippen LogP contribution in [0.2, 0.25) is 5.02 Å². The first-order valence-corrected chi connectivity index (χ1v) is 4.84. The minimum absolute atomic E-state index is 0.160. The lowest BCUT2D eigenvalue weighted by molar-refractivity contribution is -0.401. The van der Waals surface area contributed by atoms with Gasteiger partial charge in [0.15, 0.2) is 11.6 Å². The number of oxazole rings is 1. The average Bonchev–Trinajstić information content (AvgIpc) is 2.61. The summed E-state index contributed by atoms with van der Waals surface area (Å²) in [6.07, 6.45) is 0. The molecule has 0 fully saturated rings. The molecule has 0 bridgehead atoms. The molecule has 0 aliphatic carbocycles. The van der Waals surface area contributed by atoms with E-state index in [1.165, 1.54) is 0 Å². The average molecular weight is 239 g/mol. The van der Waals surface area contributed by atoms with Crippen LogP contribution in [-0.2, 0) is 0 Å². The first-order valence-electron chi connectivity index (χ1n) is 4.46. The molecule has 0 aliphatic heterocycles. The van der Waals surface area contributed by atoms with Gasteiger partial charge in [-0.25, -0.2) is 4.98 Å². The van der Waals surface area contributed by atoms with Crippen molar-refractivity contribution in [2.75, 3.05) is 0 Å². The molecule has 2 rings (SSSR count). The Morgan fingerprint density at radius 2 is 2.12 bits per heavy atom. The van der Waals surface area contributed by atoms with E-state index >= 15 is 0 Å². The molecule has 0 amide bonds. The zero-order valence-corrected chi connectivity index (χ0v) is 9.06. The lowest BCUT2D eigenvalue weighted by Gasteiger charge is -1.97. The predicted octanol–water partition coefficient (Wildman–Crippen LogP) is 3.21. The number of aryl methyl sites for hydroxylation is 1. The highest BCUT2D eigenvalue weighted by atomic mass is 35.5. The van der Waals surface area contributed by atoms with Gasteiger partial charge in [0.25, 0.3) is 0 Å². The molecule has 5 nitrogen and oxygen atoms in total. The molecule has 1 heterocycles. The van der Waals surface area contributed by atoms with E-state index in [0.29, 0.717) is 10.6 Å². The summed E-state index contributed by atoms with van der Waals surface area (Å²) < 4.78 is 4.92. The molecule has 1 aromatic carbocycles. The van der Waals surface area contributed by atoms with Gasteiger partial charge in [-0.1, -0.05) is 29.8 Å². The number of hydrogen-bond acceptors (Lipinski definition) is 4. The highest BCUT2D eigenvalue weighted by molar-refractivity contribution is 6.33. The van der Waals surface area contributed by atoms with Gasteiger partial charge < -0.3 is 4.42 Å². The highest BCUT2D eigenvalue weighted by Gasteiger charge is 2.24. The van der Waals surface area contributed by atoms with Crippen LogP contribution >= 0.6 is 11.6 Å². The van der Waals surface area contributed by atoms with Gasteiger partial charge in [-0.05, 0) is 6.07 Å². The van der Waals surface area contributed by atoms with Crippen LogP contribution in [0.1, 0.15) is 5.89 Å². The molecule has 0 radical (unpaired) electrons. The van der Waals surface area contributed by atoms with Crippen LogP contribution in [0.4, 0.5) is 5.88 Å². The van der Waals surface area contributed by atoms with Crippen molar-refractivity contribution in [3.05, 3.63) is 45.3 Å². The monoisotopic (exact) mass is 238 g/mol. The van der Waals surface area contributed by atoms with Crippen molar-refractivity contribution in [1.29, 1.82) is 0 Å². The first-order chi connectivity index (χ1) is 7.59. The Morgan fingerprint density at radius 3 is 2.75 bits per heavy atom. The molecule has 0 saturated heterocycles. The summed E-state index contributed by atoms with van der Waals surface area (Å²) in [6, 6.07) is 6.77. The van der Waals surface area contributed by atoms with E-state index in [2.05, 4.69) is 4.98 Å². The molecule has 0 spiro atoms. The van der Waals surface area contributed by atoms with E-state index in [-0.39, 0.29) is 17.5 Å². The summed E-state index contributed by atoms with van der Waals surface area (Å²) in [4.78, 5) is 14.1. The van der Waals surface area contributed by atoms with Gasteiger partial charge in [0.1, 0.15) is 4.92 Å². The third-order valence-electron chi connectivity index (χ3n) is 2.01. The summed E-state index contributed by atoms with van der Waals surface area (Å²) in [5.74, 6) is -0.146. The normalized spacial score (nSPS) is 10.4. The topological polar surface area (TPSA) is 69.2 Å². The Bertz CT molecular complexity index is 551. The maximum atomic E-state index is 10.7. The molecule has 0 saturated carbocycles. The highest BCUT2D eigenvalue weighted by Crippen LogP contribution is 2.34. The quantitative estimate of drug-likeness (QED) is 0.595. The summed E-state index contributed by atoms with van der Waals surface area (Å²) in [7, 11) is 0. The minimum Gasteiger partial charge on any atom is -0.385 e. The number of benzene rings is 1. The molecule has 0 N–H and O–H groups in total. The van der Waals surface area contributed by atoms with Crippen molar-refractivity contribution in [3.8, 4) is 11.3 Å². The lowest BCUT2D eigenvalue weighted by atomic mass is 10.1. The fourth-order valence-corrected chi connectivity index (χ4v) is 1.59. The van der Waals surface area contributed by atoms with Gasteiger partial charge in [-0.2, -0.15) is 0 Å². The number of rotatable bonds is 2. The minimum atomic E-state index is -0.612. The summed E-state index contributed by atoms with van der Waals surface area (Å²) >= 11 is 5.94. The van der Waals surface area contributed by atoms with E-state index < -0.39 is 4.92 Å². The van der Waals surface area contributed by atoms with Crippen molar-refractivity contribution in [2.24, 2.45) is 0 Å². The van der Waals surface area contributed by atoms with Crippen LogP contribution in [0.5, 0.6) is 0 Å². The summed E-state index contributed by atoms with van der Waals surface area (Å²) in [6.45, 7) is 1.55. The van der Waals surface area contributed by atoms with E-state index in [1.54, 1.807) is 31.2 Å². The van der Waals surface area contributed by atoms with Crippen molar-refractivity contribution >= 4 is 17.5 Å². The fourth-order valence-electron chi connectivity index (χ4n) is 1.37. The number of halogens is 1. The van der Waals surface area contributed by atoms with Crippen LogP contribution in [0, 0.1) is 17.0 Å². The predicted molar refractivity (Wildman–Crippen MR) is 58.3 cm³/mol. The van der Waals surface area contributed by atoms with Gasteiger partial charge in [0, 0.05) is 12.5 Å². The zero-order valence-electron chi connectivity index (χ0n) is 8.31. The molecular weight excluding hydrogens is 232 g/mol. The lowest BCUT2D eigenvalue weighted by Crippen LogP contribution is -1.89. The van der Waals surface area contributed by atoms with Gasteiger partial charge in [-0.15, -0.1) is 0 Å². The Balaban J connectivity index is 2.64. The molecule has 16 heavy (non-hydrogen) atoms. The molecular formula is C10H7ClN2O3. The van der Waals surface area contributed by atoms with E-state index in [4.69, 9.17) is 16.0 Å². The Labute approximate surface area is 95.8 Å². The SMILES string of the molecule is Cc1nc(-c2ccccc2Cl)c([N+](=O)[O-])o1. The van der Waals surface area contributed by atoms with Crippen LogP contribution in [0.25, 0.3) is 11.3 Å². The van der Waals surface area contributed by atoms with E-state index in [0.717, 1.165) is 0 Å². The summed E-state index contributed by atoms with van der Waals surface area (Å²) in [5.41, 5.74) is 0.654. The second-order valence-corrected chi connectivity index (χ2v) is 3.53. The second kappa shape index (κ2) is 3.94. The van der Waals surface area contributed by atoms with Crippen LogP contribution in [0.15, 0.2) is 28.7 Å². The smallest absolute Gasteiger partial charge is 0.385 e. The number of aromatic nitrogens is 1. The molecule has 0 unspecified atom stereocenters. The Kier molecular flexibility index (Phi) is 2.62.